The minimum atomic E-state index is 0.160. The molecule has 1 aromatic carbocycles. The number of aromatic hydroxyl groups is 1. The second-order valence-electron chi connectivity index (χ2n) is 4.10. The molecule has 0 saturated heterocycles. The minimum Gasteiger partial charge on any atom is -0.508 e. The average Bonchev–Trinajstić information content (AvgIpc) is 3.01. The number of nitrogens with one attached hydrogen (secondary N) is 1. The summed E-state index contributed by atoms with van der Waals surface area (Å²) in [5.41, 5.74) is 2.29. The van der Waals surface area contributed by atoms with Gasteiger partial charge < -0.3 is 9.84 Å². The molecule has 7 nitrogen and oxygen atoms in total. The lowest BCUT2D eigenvalue weighted by Crippen LogP contribution is -1.90. The van der Waals surface area contributed by atoms with Gasteiger partial charge >= 0.3 is 0 Å². The molecule has 0 radical (unpaired) electrons. The molecule has 2 heterocycles. The molecule has 100 valence electrons. The van der Waals surface area contributed by atoms with Crippen molar-refractivity contribution < 1.29 is 9.84 Å². The topological polar surface area (TPSA) is 96.8 Å². The monoisotopic (exact) mass is 269 g/mol. The standard InChI is InChI=1S/C13H11N5O2/c1-20-12-3-2-10(19)5-11(12)8-4-9(7-14-6-8)13-15-17-18-16-13/h2-7,19H,1H3,(H,15,16,17,18). The second-order valence-corrected chi connectivity index (χ2v) is 4.10. The summed E-state index contributed by atoms with van der Waals surface area (Å²) in [5, 5.41) is 23.2. The molecule has 20 heavy (non-hydrogen) atoms. The highest BCUT2D eigenvalue weighted by Gasteiger charge is 2.10. The molecule has 0 amide bonds. The van der Waals surface area contributed by atoms with Crippen LogP contribution in [-0.4, -0.2) is 37.8 Å². The first-order valence-electron chi connectivity index (χ1n) is 5.84. The summed E-state index contributed by atoms with van der Waals surface area (Å²) >= 11 is 0. The van der Waals surface area contributed by atoms with Crippen molar-refractivity contribution in [2.24, 2.45) is 0 Å². The van der Waals surface area contributed by atoms with Crippen LogP contribution in [0.3, 0.4) is 0 Å². The van der Waals surface area contributed by atoms with Crippen LogP contribution in [0.25, 0.3) is 22.5 Å². The maximum Gasteiger partial charge on any atom is 0.180 e. The van der Waals surface area contributed by atoms with Gasteiger partial charge in [-0.2, -0.15) is 0 Å². The molecule has 0 unspecified atom stereocenters. The Labute approximate surface area is 114 Å². The van der Waals surface area contributed by atoms with Gasteiger partial charge in [0.1, 0.15) is 11.5 Å². The third-order valence-electron chi connectivity index (χ3n) is 2.85. The summed E-state index contributed by atoms with van der Waals surface area (Å²) in [7, 11) is 1.58. The molecule has 0 fully saturated rings. The first kappa shape index (κ1) is 12.1. The molecule has 0 aliphatic carbocycles. The molecule has 0 spiro atoms. The van der Waals surface area contributed by atoms with E-state index in [1.54, 1.807) is 37.7 Å². The molecule has 0 aliphatic rings. The highest BCUT2D eigenvalue weighted by Crippen LogP contribution is 2.33. The van der Waals surface area contributed by atoms with Crippen molar-refractivity contribution in [3.8, 4) is 34.0 Å². The Morgan fingerprint density at radius 2 is 2.00 bits per heavy atom. The van der Waals surface area contributed by atoms with Crippen molar-refractivity contribution in [1.29, 1.82) is 0 Å². The summed E-state index contributed by atoms with van der Waals surface area (Å²) in [6.07, 6.45) is 3.34. The van der Waals surface area contributed by atoms with Gasteiger partial charge in [-0.05, 0) is 34.7 Å². The highest BCUT2D eigenvalue weighted by molar-refractivity contribution is 5.74. The number of H-pyrrole nitrogens is 1. The van der Waals surface area contributed by atoms with Gasteiger partial charge in [0.05, 0.1) is 7.11 Å². The van der Waals surface area contributed by atoms with E-state index in [0.29, 0.717) is 11.6 Å². The smallest absolute Gasteiger partial charge is 0.180 e. The molecule has 7 heteroatoms. The maximum absolute atomic E-state index is 9.63. The Morgan fingerprint density at radius 3 is 2.75 bits per heavy atom. The van der Waals surface area contributed by atoms with E-state index in [9.17, 15) is 5.11 Å². The molecular formula is C13H11N5O2. The van der Waals surface area contributed by atoms with Crippen LogP contribution in [-0.2, 0) is 0 Å². The molecule has 0 saturated carbocycles. The van der Waals surface area contributed by atoms with Crippen molar-refractivity contribution in [3.05, 3.63) is 36.7 Å². The lowest BCUT2D eigenvalue weighted by atomic mass is 10.0. The number of rotatable bonds is 3. The highest BCUT2D eigenvalue weighted by atomic mass is 16.5. The molecule has 3 rings (SSSR count). The summed E-state index contributed by atoms with van der Waals surface area (Å²) in [6.45, 7) is 0. The molecule has 0 atom stereocenters. The molecule has 0 bridgehead atoms. The Bertz CT molecular complexity index is 727. The van der Waals surface area contributed by atoms with Crippen LogP contribution in [0.4, 0.5) is 0 Å². The number of nitrogens with zero attached hydrogens (tertiary/aromatic N) is 4. The van der Waals surface area contributed by atoms with Crippen LogP contribution >= 0.6 is 0 Å². The first-order chi connectivity index (χ1) is 9.78. The van der Waals surface area contributed by atoms with E-state index in [0.717, 1.165) is 16.7 Å². The van der Waals surface area contributed by atoms with Gasteiger partial charge in [-0.25, -0.2) is 5.10 Å². The van der Waals surface area contributed by atoms with Crippen LogP contribution in [0.2, 0.25) is 0 Å². The Kier molecular flexibility index (Phi) is 3.00. The second kappa shape index (κ2) is 4.96. The van der Waals surface area contributed by atoms with Gasteiger partial charge in [0.15, 0.2) is 5.82 Å². The van der Waals surface area contributed by atoms with Gasteiger partial charge in [-0.3, -0.25) is 4.98 Å². The molecule has 2 aromatic heterocycles. The summed E-state index contributed by atoms with van der Waals surface area (Å²) < 4.78 is 5.30. The number of methoxy groups -OCH3 is 1. The number of phenols is 1. The van der Waals surface area contributed by atoms with Crippen LogP contribution in [0, 0.1) is 0 Å². The maximum atomic E-state index is 9.63. The van der Waals surface area contributed by atoms with Crippen molar-refractivity contribution >= 4 is 0 Å². The van der Waals surface area contributed by atoms with Crippen molar-refractivity contribution in [1.82, 2.24) is 25.6 Å². The SMILES string of the molecule is COc1ccc(O)cc1-c1cncc(-c2nnn[nH]2)c1. The van der Waals surface area contributed by atoms with Crippen LogP contribution in [0.1, 0.15) is 0 Å². The van der Waals surface area contributed by atoms with Crippen molar-refractivity contribution in [2.75, 3.05) is 7.11 Å². The third-order valence-corrected chi connectivity index (χ3v) is 2.85. The number of ether oxygens (including phenoxy) is 1. The third kappa shape index (κ3) is 2.16. The number of benzene rings is 1. The summed E-state index contributed by atoms with van der Waals surface area (Å²) in [6, 6.07) is 6.76. The van der Waals surface area contributed by atoms with Crippen molar-refractivity contribution in [2.45, 2.75) is 0 Å². The lowest BCUT2D eigenvalue weighted by molar-refractivity contribution is 0.414. The lowest BCUT2D eigenvalue weighted by Gasteiger charge is -2.09. The minimum absolute atomic E-state index is 0.160. The zero-order chi connectivity index (χ0) is 13.9. The summed E-state index contributed by atoms with van der Waals surface area (Å²) in [5.74, 6) is 1.34. The van der Waals surface area contributed by atoms with Gasteiger partial charge in [0.2, 0.25) is 0 Å². The largest absolute Gasteiger partial charge is 0.508 e. The fraction of sp³-hybridized carbons (Fsp3) is 0.0769. The van der Waals surface area contributed by atoms with E-state index in [-0.39, 0.29) is 5.75 Å². The summed E-state index contributed by atoms with van der Waals surface area (Å²) in [4.78, 5) is 4.17. The number of phenolic OH excluding ortho intramolecular Hbond substituents is 1. The molecular weight excluding hydrogens is 258 g/mol. The number of tetrazole rings is 1. The number of aromatic nitrogens is 5. The predicted octanol–water partition coefficient (Wildman–Crippen LogP) is 1.64. The fourth-order valence-electron chi connectivity index (χ4n) is 1.92. The van der Waals surface area contributed by atoms with E-state index in [1.165, 1.54) is 0 Å². The number of hydrogen-bond donors (Lipinski definition) is 2. The number of aromatic amines is 1. The normalized spacial score (nSPS) is 10.4. The zero-order valence-corrected chi connectivity index (χ0v) is 10.6. The predicted molar refractivity (Wildman–Crippen MR) is 71.1 cm³/mol. The number of hydrogen-bond acceptors (Lipinski definition) is 6. The fourth-order valence-corrected chi connectivity index (χ4v) is 1.92. The molecule has 2 N–H and O–H groups in total. The molecule has 0 aliphatic heterocycles. The van der Waals surface area contributed by atoms with Crippen LogP contribution < -0.4 is 4.74 Å². The van der Waals surface area contributed by atoms with E-state index in [4.69, 9.17) is 4.74 Å². The van der Waals surface area contributed by atoms with Crippen LogP contribution in [0.15, 0.2) is 36.7 Å². The van der Waals surface area contributed by atoms with Gasteiger partial charge in [0, 0.05) is 29.1 Å². The average molecular weight is 269 g/mol. The Morgan fingerprint density at radius 1 is 1.15 bits per heavy atom. The van der Waals surface area contributed by atoms with Gasteiger partial charge in [0.25, 0.3) is 0 Å². The van der Waals surface area contributed by atoms with E-state index in [1.807, 2.05) is 6.07 Å². The Balaban J connectivity index is 2.11. The van der Waals surface area contributed by atoms with Crippen LogP contribution in [0.5, 0.6) is 11.5 Å². The van der Waals surface area contributed by atoms with Gasteiger partial charge in [-0.15, -0.1) is 5.10 Å². The van der Waals surface area contributed by atoms with Crippen molar-refractivity contribution in [3.63, 3.8) is 0 Å². The van der Waals surface area contributed by atoms with E-state index >= 15 is 0 Å². The quantitative estimate of drug-likeness (QED) is 0.750. The zero-order valence-electron chi connectivity index (χ0n) is 10.6. The van der Waals surface area contributed by atoms with Gasteiger partial charge in [-0.1, -0.05) is 0 Å². The number of pyridine rings is 1. The first-order valence-corrected chi connectivity index (χ1v) is 5.84. The Hall–Kier alpha value is -2.96. The molecule has 3 aromatic rings. The van der Waals surface area contributed by atoms with E-state index in [2.05, 4.69) is 25.6 Å². The van der Waals surface area contributed by atoms with E-state index < -0.39 is 0 Å².